The molecule has 0 bridgehead atoms. The number of hydrogen-bond acceptors (Lipinski definition) is 1. The summed E-state index contributed by atoms with van der Waals surface area (Å²) >= 11 is 1.95. The van der Waals surface area contributed by atoms with Crippen LogP contribution in [0.2, 0.25) is 0 Å². The van der Waals surface area contributed by atoms with E-state index in [2.05, 4.69) is 32.9 Å². The molecular formula is C11H18S. The molecule has 0 aliphatic carbocycles. The van der Waals surface area contributed by atoms with Crippen molar-refractivity contribution in [2.75, 3.05) is 0 Å². The summed E-state index contributed by atoms with van der Waals surface area (Å²) in [5, 5.41) is 0. The zero-order chi connectivity index (χ0) is 8.97. The van der Waals surface area contributed by atoms with Crippen molar-refractivity contribution in [1.82, 2.24) is 0 Å². The average molecular weight is 182 g/mol. The van der Waals surface area contributed by atoms with Gasteiger partial charge in [0.1, 0.15) is 0 Å². The van der Waals surface area contributed by atoms with Crippen LogP contribution in [0.5, 0.6) is 0 Å². The lowest BCUT2D eigenvalue weighted by Crippen LogP contribution is -1.88. The highest BCUT2D eigenvalue weighted by molar-refractivity contribution is 7.12. The first-order chi connectivity index (χ1) is 5.74. The van der Waals surface area contributed by atoms with Gasteiger partial charge in [-0.25, -0.2) is 0 Å². The van der Waals surface area contributed by atoms with Crippen molar-refractivity contribution in [2.45, 2.75) is 46.0 Å². The Morgan fingerprint density at radius 3 is 2.67 bits per heavy atom. The summed E-state index contributed by atoms with van der Waals surface area (Å²) in [5.74, 6) is 0.767. The standard InChI is InChI=1S/C11H18S/c1-4-5-6-9(2)11-8-7-10(3)12-11/h7-9H,4-6H2,1-3H3. The second-order valence-electron chi connectivity index (χ2n) is 3.49. The van der Waals surface area contributed by atoms with Crippen LogP contribution in [0.15, 0.2) is 12.1 Å². The minimum absolute atomic E-state index is 0.767. The fraction of sp³-hybridized carbons (Fsp3) is 0.636. The van der Waals surface area contributed by atoms with Gasteiger partial charge in [-0.2, -0.15) is 0 Å². The number of thiophene rings is 1. The van der Waals surface area contributed by atoms with Gasteiger partial charge in [0.15, 0.2) is 0 Å². The van der Waals surface area contributed by atoms with Gasteiger partial charge in [0.25, 0.3) is 0 Å². The van der Waals surface area contributed by atoms with Gasteiger partial charge >= 0.3 is 0 Å². The third kappa shape index (κ3) is 2.63. The maximum Gasteiger partial charge on any atom is 0.00762 e. The molecule has 0 saturated carbocycles. The summed E-state index contributed by atoms with van der Waals surface area (Å²) in [6.45, 7) is 6.77. The summed E-state index contributed by atoms with van der Waals surface area (Å²) in [6.07, 6.45) is 4.02. The van der Waals surface area contributed by atoms with E-state index in [9.17, 15) is 0 Å². The number of aryl methyl sites for hydroxylation is 1. The molecule has 1 heteroatoms. The zero-order valence-electron chi connectivity index (χ0n) is 8.26. The van der Waals surface area contributed by atoms with Gasteiger partial charge in [-0.1, -0.05) is 26.7 Å². The van der Waals surface area contributed by atoms with E-state index in [4.69, 9.17) is 0 Å². The van der Waals surface area contributed by atoms with Gasteiger partial charge in [-0.05, 0) is 31.4 Å². The third-order valence-electron chi connectivity index (χ3n) is 2.24. The molecule has 1 heterocycles. The minimum atomic E-state index is 0.767. The molecule has 1 rings (SSSR count). The second kappa shape index (κ2) is 4.66. The Hall–Kier alpha value is -0.300. The maximum absolute atomic E-state index is 2.33. The third-order valence-corrected chi connectivity index (χ3v) is 3.47. The Morgan fingerprint density at radius 2 is 2.17 bits per heavy atom. The molecule has 68 valence electrons. The maximum atomic E-state index is 2.33. The summed E-state index contributed by atoms with van der Waals surface area (Å²) < 4.78 is 0. The van der Waals surface area contributed by atoms with Crippen molar-refractivity contribution < 1.29 is 0 Å². The highest BCUT2D eigenvalue weighted by atomic mass is 32.1. The number of unbranched alkanes of at least 4 members (excludes halogenated alkanes) is 1. The first kappa shape index (κ1) is 9.79. The van der Waals surface area contributed by atoms with Gasteiger partial charge in [0.05, 0.1) is 0 Å². The van der Waals surface area contributed by atoms with Crippen molar-refractivity contribution in [1.29, 1.82) is 0 Å². The van der Waals surface area contributed by atoms with Crippen LogP contribution < -0.4 is 0 Å². The molecule has 0 N–H and O–H groups in total. The molecule has 1 unspecified atom stereocenters. The molecule has 0 saturated heterocycles. The van der Waals surface area contributed by atoms with E-state index in [-0.39, 0.29) is 0 Å². The fourth-order valence-corrected chi connectivity index (χ4v) is 2.33. The van der Waals surface area contributed by atoms with Crippen molar-refractivity contribution in [3.05, 3.63) is 21.9 Å². The highest BCUT2D eigenvalue weighted by Crippen LogP contribution is 2.27. The van der Waals surface area contributed by atoms with Gasteiger partial charge in [0, 0.05) is 9.75 Å². The quantitative estimate of drug-likeness (QED) is 0.649. The van der Waals surface area contributed by atoms with E-state index in [1.165, 1.54) is 24.1 Å². The molecule has 0 amide bonds. The Labute approximate surface area is 79.6 Å². The van der Waals surface area contributed by atoms with Crippen molar-refractivity contribution >= 4 is 11.3 Å². The lowest BCUT2D eigenvalue weighted by molar-refractivity contribution is 0.632. The van der Waals surface area contributed by atoms with Gasteiger partial charge in [0.2, 0.25) is 0 Å². The van der Waals surface area contributed by atoms with Crippen LogP contribution in [0, 0.1) is 6.92 Å². The van der Waals surface area contributed by atoms with E-state index >= 15 is 0 Å². The molecule has 1 atom stereocenters. The second-order valence-corrected chi connectivity index (χ2v) is 4.81. The number of rotatable bonds is 4. The molecule has 0 aromatic carbocycles. The monoisotopic (exact) mass is 182 g/mol. The summed E-state index contributed by atoms with van der Waals surface area (Å²) in [6, 6.07) is 4.50. The Bertz CT molecular complexity index is 225. The van der Waals surface area contributed by atoms with Crippen LogP contribution in [0.25, 0.3) is 0 Å². The summed E-state index contributed by atoms with van der Waals surface area (Å²) in [7, 11) is 0. The summed E-state index contributed by atoms with van der Waals surface area (Å²) in [5.41, 5.74) is 0. The SMILES string of the molecule is CCCCC(C)c1ccc(C)s1. The van der Waals surface area contributed by atoms with E-state index in [0.29, 0.717) is 0 Å². The first-order valence-corrected chi connectivity index (χ1v) is 5.62. The van der Waals surface area contributed by atoms with Gasteiger partial charge in [-0.3, -0.25) is 0 Å². The van der Waals surface area contributed by atoms with E-state index in [1.807, 2.05) is 11.3 Å². The molecule has 12 heavy (non-hydrogen) atoms. The van der Waals surface area contributed by atoms with Crippen molar-refractivity contribution in [3.63, 3.8) is 0 Å². The Morgan fingerprint density at radius 1 is 1.42 bits per heavy atom. The molecule has 0 radical (unpaired) electrons. The normalized spacial score (nSPS) is 13.2. The fourth-order valence-electron chi connectivity index (χ4n) is 1.37. The van der Waals surface area contributed by atoms with E-state index in [0.717, 1.165) is 5.92 Å². The smallest absolute Gasteiger partial charge is 0.00762 e. The molecule has 0 aliphatic heterocycles. The van der Waals surface area contributed by atoms with E-state index < -0.39 is 0 Å². The molecule has 1 aromatic heterocycles. The largest absolute Gasteiger partial charge is 0.145 e. The Kier molecular flexibility index (Phi) is 3.80. The van der Waals surface area contributed by atoms with E-state index in [1.54, 1.807) is 4.88 Å². The lowest BCUT2D eigenvalue weighted by Gasteiger charge is -2.06. The molecule has 0 aliphatic rings. The number of hydrogen-bond donors (Lipinski definition) is 0. The predicted molar refractivity (Wildman–Crippen MR) is 57.0 cm³/mol. The minimum Gasteiger partial charge on any atom is -0.145 e. The van der Waals surface area contributed by atoms with Crippen LogP contribution in [-0.2, 0) is 0 Å². The summed E-state index contributed by atoms with van der Waals surface area (Å²) in [4.78, 5) is 2.99. The van der Waals surface area contributed by atoms with Gasteiger partial charge in [-0.15, -0.1) is 11.3 Å². The van der Waals surface area contributed by atoms with Crippen LogP contribution in [0.3, 0.4) is 0 Å². The average Bonchev–Trinajstić information content (AvgIpc) is 2.47. The van der Waals surface area contributed by atoms with Crippen LogP contribution in [0.4, 0.5) is 0 Å². The lowest BCUT2D eigenvalue weighted by atomic mass is 10.0. The molecule has 0 spiro atoms. The molecule has 0 nitrogen and oxygen atoms in total. The zero-order valence-corrected chi connectivity index (χ0v) is 9.08. The van der Waals surface area contributed by atoms with Crippen LogP contribution in [0.1, 0.15) is 48.8 Å². The molecule has 0 fully saturated rings. The molecule has 1 aromatic rings. The van der Waals surface area contributed by atoms with Gasteiger partial charge < -0.3 is 0 Å². The van der Waals surface area contributed by atoms with Crippen molar-refractivity contribution in [3.8, 4) is 0 Å². The van der Waals surface area contributed by atoms with Crippen LogP contribution >= 0.6 is 11.3 Å². The predicted octanol–water partition coefficient (Wildman–Crippen LogP) is 4.35. The Balaban J connectivity index is 2.47. The highest BCUT2D eigenvalue weighted by Gasteiger charge is 2.06. The van der Waals surface area contributed by atoms with Crippen LogP contribution in [-0.4, -0.2) is 0 Å². The molecular weight excluding hydrogens is 164 g/mol. The topological polar surface area (TPSA) is 0 Å². The van der Waals surface area contributed by atoms with Crippen molar-refractivity contribution in [2.24, 2.45) is 0 Å². The first-order valence-electron chi connectivity index (χ1n) is 4.80.